The van der Waals surface area contributed by atoms with Gasteiger partial charge in [0.25, 0.3) is 0 Å². The molecule has 0 radical (unpaired) electrons. The van der Waals surface area contributed by atoms with Gasteiger partial charge in [-0.2, -0.15) is 0 Å². The van der Waals surface area contributed by atoms with Crippen LogP contribution in [0.15, 0.2) is 47.9 Å². The van der Waals surface area contributed by atoms with E-state index in [9.17, 15) is 4.79 Å². The molecule has 0 saturated carbocycles. The molecule has 0 aliphatic carbocycles. The monoisotopic (exact) mass is 405 g/mol. The molecule has 2 aromatic heterocycles. The molecular formula is C22H23N5OS. The predicted octanol–water partition coefficient (Wildman–Crippen LogP) is 3.30. The van der Waals surface area contributed by atoms with E-state index in [4.69, 9.17) is 6.42 Å². The average Bonchev–Trinajstić information content (AvgIpc) is 3.19. The summed E-state index contributed by atoms with van der Waals surface area (Å²) in [6.07, 6.45) is 10.5. The number of aryl methyl sites for hydroxylation is 2. The first-order valence-corrected chi connectivity index (χ1v) is 10.5. The molecule has 0 aliphatic heterocycles. The molecule has 1 N–H and O–H groups in total. The zero-order valence-corrected chi connectivity index (χ0v) is 17.4. The molecule has 0 fully saturated rings. The van der Waals surface area contributed by atoms with E-state index in [2.05, 4.69) is 58.5 Å². The van der Waals surface area contributed by atoms with Gasteiger partial charge in [0.15, 0.2) is 11.0 Å². The van der Waals surface area contributed by atoms with Crippen molar-refractivity contribution in [2.75, 3.05) is 12.3 Å². The quantitative estimate of drug-likeness (QED) is 0.460. The number of rotatable bonds is 8. The number of carbonyl (C=O) groups is 1. The number of benzene rings is 1. The third kappa shape index (κ3) is 4.66. The second-order valence-corrected chi connectivity index (χ2v) is 7.23. The number of amides is 1. The summed E-state index contributed by atoms with van der Waals surface area (Å²) >= 11 is 1.34. The van der Waals surface area contributed by atoms with Gasteiger partial charge in [-0.15, -0.1) is 16.6 Å². The summed E-state index contributed by atoms with van der Waals surface area (Å²) in [5.74, 6) is 3.19. The van der Waals surface area contributed by atoms with Crippen molar-refractivity contribution in [1.82, 2.24) is 25.1 Å². The highest BCUT2D eigenvalue weighted by Crippen LogP contribution is 2.31. The molecule has 148 valence electrons. The van der Waals surface area contributed by atoms with Gasteiger partial charge in [-0.25, -0.2) is 0 Å². The van der Waals surface area contributed by atoms with Gasteiger partial charge in [0.1, 0.15) is 0 Å². The molecule has 0 atom stereocenters. The zero-order chi connectivity index (χ0) is 20.6. The van der Waals surface area contributed by atoms with Crippen LogP contribution in [0.3, 0.4) is 0 Å². The summed E-state index contributed by atoms with van der Waals surface area (Å²) in [7, 11) is 0. The van der Waals surface area contributed by atoms with Crippen molar-refractivity contribution in [2.45, 2.75) is 31.8 Å². The largest absolute Gasteiger partial charge is 0.344 e. The Balaban J connectivity index is 2.10. The van der Waals surface area contributed by atoms with Gasteiger partial charge >= 0.3 is 0 Å². The van der Waals surface area contributed by atoms with Crippen LogP contribution in [0.5, 0.6) is 0 Å². The Labute approximate surface area is 175 Å². The smallest absolute Gasteiger partial charge is 0.231 e. The van der Waals surface area contributed by atoms with E-state index < -0.39 is 0 Å². The summed E-state index contributed by atoms with van der Waals surface area (Å²) in [5.41, 5.74) is 4.35. The second-order valence-electron chi connectivity index (χ2n) is 6.28. The van der Waals surface area contributed by atoms with Crippen LogP contribution in [-0.2, 0) is 17.6 Å². The number of carbonyl (C=O) groups excluding carboxylic acids is 1. The van der Waals surface area contributed by atoms with Crippen molar-refractivity contribution in [3.63, 3.8) is 0 Å². The van der Waals surface area contributed by atoms with Crippen LogP contribution in [0, 0.1) is 12.3 Å². The maximum atomic E-state index is 12.1. The number of terminal acetylenes is 1. The number of hydrogen-bond donors (Lipinski definition) is 1. The van der Waals surface area contributed by atoms with Crippen LogP contribution in [0.4, 0.5) is 0 Å². The molecule has 1 amide bonds. The van der Waals surface area contributed by atoms with Crippen LogP contribution in [0.1, 0.15) is 25.0 Å². The molecule has 3 aromatic rings. The molecule has 2 heterocycles. The van der Waals surface area contributed by atoms with Crippen molar-refractivity contribution >= 4 is 17.7 Å². The van der Waals surface area contributed by atoms with Crippen molar-refractivity contribution in [2.24, 2.45) is 0 Å². The van der Waals surface area contributed by atoms with E-state index in [0.717, 1.165) is 24.1 Å². The predicted molar refractivity (Wildman–Crippen MR) is 116 cm³/mol. The van der Waals surface area contributed by atoms with E-state index in [-0.39, 0.29) is 18.2 Å². The highest BCUT2D eigenvalue weighted by molar-refractivity contribution is 7.99. The zero-order valence-electron chi connectivity index (χ0n) is 16.6. The lowest BCUT2D eigenvalue weighted by Crippen LogP contribution is -2.25. The molecule has 1 aromatic carbocycles. The van der Waals surface area contributed by atoms with Crippen molar-refractivity contribution in [1.29, 1.82) is 0 Å². The normalized spacial score (nSPS) is 10.5. The molecule has 0 aliphatic rings. The van der Waals surface area contributed by atoms with E-state index >= 15 is 0 Å². The van der Waals surface area contributed by atoms with Crippen LogP contribution >= 0.6 is 11.8 Å². The first kappa shape index (κ1) is 20.6. The van der Waals surface area contributed by atoms with Gasteiger partial charge in [0.05, 0.1) is 18.0 Å². The number of aromatic nitrogens is 4. The SMILES string of the molecule is C#CCNC(=O)CSc1nnc(-c2cccnc2)n1-c1c(CC)cccc1CC. The van der Waals surface area contributed by atoms with E-state index in [1.807, 2.05) is 16.7 Å². The highest BCUT2D eigenvalue weighted by atomic mass is 32.2. The van der Waals surface area contributed by atoms with Gasteiger partial charge in [0, 0.05) is 18.0 Å². The summed E-state index contributed by atoms with van der Waals surface area (Å²) in [5, 5.41) is 12.2. The maximum Gasteiger partial charge on any atom is 0.231 e. The summed E-state index contributed by atoms with van der Waals surface area (Å²) < 4.78 is 2.05. The number of nitrogens with zero attached hydrogens (tertiary/aromatic N) is 4. The fraction of sp³-hybridized carbons (Fsp3) is 0.273. The third-order valence-corrected chi connectivity index (χ3v) is 5.39. The number of nitrogens with one attached hydrogen (secondary N) is 1. The lowest BCUT2D eigenvalue weighted by Gasteiger charge is -2.17. The minimum absolute atomic E-state index is 0.134. The molecule has 7 heteroatoms. The number of thioether (sulfide) groups is 1. The molecule has 0 bridgehead atoms. The first-order valence-electron chi connectivity index (χ1n) is 9.49. The number of pyridine rings is 1. The van der Waals surface area contributed by atoms with Gasteiger partial charge < -0.3 is 5.32 Å². The lowest BCUT2D eigenvalue weighted by atomic mass is 10.0. The Hall–Kier alpha value is -3.11. The average molecular weight is 406 g/mol. The van der Waals surface area contributed by atoms with Gasteiger partial charge in [-0.3, -0.25) is 14.3 Å². The summed E-state index contributed by atoms with van der Waals surface area (Å²) in [6.45, 7) is 4.48. The van der Waals surface area contributed by atoms with Gasteiger partial charge in [-0.1, -0.05) is 49.7 Å². The Morgan fingerprint density at radius 1 is 1.17 bits per heavy atom. The standard InChI is InChI=1S/C22H23N5OS/c1-4-12-24-19(28)15-29-22-26-25-21(18-11-8-13-23-14-18)27(22)20-16(5-2)9-7-10-17(20)6-3/h1,7-11,13-14H,5-6,12,15H2,2-3H3,(H,24,28). The van der Waals surface area contributed by atoms with E-state index in [1.54, 1.807) is 12.4 Å². The topological polar surface area (TPSA) is 72.7 Å². The summed E-state index contributed by atoms with van der Waals surface area (Å²) in [6, 6.07) is 10.2. The van der Waals surface area contributed by atoms with Crippen molar-refractivity contribution in [3.05, 3.63) is 53.9 Å². The Kier molecular flexibility index (Phi) is 7.04. The fourth-order valence-corrected chi connectivity index (χ4v) is 3.85. The van der Waals surface area contributed by atoms with E-state index in [0.29, 0.717) is 11.0 Å². The number of hydrogen-bond acceptors (Lipinski definition) is 5. The first-order chi connectivity index (χ1) is 14.2. The van der Waals surface area contributed by atoms with E-state index in [1.165, 1.54) is 22.9 Å². The Morgan fingerprint density at radius 2 is 1.93 bits per heavy atom. The molecule has 0 saturated heterocycles. The Bertz CT molecular complexity index is 1000. The minimum Gasteiger partial charge on any atom is -0.344 e. The second kappa shape index (κ2) is 9.89. The molecule has 29 heavy (non-hydrogen) atoms. The lowest BCUT2D eigenvalue weighted by molar-refractivity contribution is -0.118. The molecule has 6 nitrogen and oxygen atoms in total. The highest BCUT2D eigenvalue weighted by Gasteiger charge is 2.21. The van der Waals surface area contributed by atoms with Crippen LogP contribution in [-0.4, -0.2) is 38.0 Å². The molecule has 3 rings (SSSR count). The molecule has 0 unspecified atom stereocenters. The van der Waals surface area contributed by atoms with Crippen LogP contribution in [0.2, 0.25) is 0 Å². The minimum atomic E-state index is -0.134. The van der Waals surface area contributed by atoms with Crippen LogP contribution < -0.4 is 5.32 Å². The number of para-hydroxylation sites is 1. The van der Waals surface area contributed by atoms with Crippen LogP contribution in [0.25, 0.3) is 17.1 Å². The van der Waals surface area contributed by atoms with Gasteiger partial charge in [-0.05, 0) is 36.1 Å². The van der Waals surface area contributed by atoms with Crippen molar-refractivity contribution in [3.8, 4) is 29.4 Å². The fourth-order valence-electron chi connectivity index (χ4n) is 3.08. The Morgan fingerprint density at radius 3 is 2.55 bits per heavy atom. The molecular weight excluding hydrogens is 382 g/mol. The summed E-state index contributed by atoms with van der Waals surface area (Å²) in [4.78, 5) is 16.3. The third-order valence-electron chi connectivity index (χ3n) is 4.46. The molecule has 0 spiro atoms. The van der Waals surface area contributed by atoms with Gasteiger partial charge in [0.2, 0.25) is 5.91 Å². The van der Waals surface area contributed by atoms with Crippen molar-refractivity contribution < 1.29 is 4.79 Å². The maximum absolute atomic E-state index is 12.1.